The third-order valence-corrected chi connectivity index (χ3v) is 3.47. The topological polar surface area (TPSA) is 63.4 Å². The highest BCUT2D eigenvalue weighted by Gasteiger charge is 2.11. The summed E-state index contributed by atoms with van der Waals surface area (Å²) in [6.45, 7) is 1.99. The molecule has 0 unspecified atom stereocenters. The highest BCUT2D eigenvalue weighted by molar-refractivity contribution is 5.99. The summed E-state index contributed by atoms with van der Waals surface area (Å²) in [4.78, 5) is 3.18. The van der Waals surface area contributed by atoms with Crippen molar-refractivity contribution in [1.82, 2.24) is 4.98 Å². The lowest BCUT2D eigenvalue weighted by atomic mass is 9.98. The van der Waals surface area contributed by atoms with E-state index in [-0.39, 0.29) is 0 Å². The molecule has 1 N–H and O–H groups in total. The van der Waals surface area contributed by atoms with Gasteiger partial charge in [0.25, 0.3) is 0 Å². The minimum atomic E-state index is 0.628. The minimum Gasteiger partial charge on any atom is -0.359 e. The van der Waals surface area contributed by atoms with Crippen LogP contribution in [0.5, 0.6) is 0 Å². The van der Waals surface area contributed by atoms with Gasteiger partial charge in [0.1, 0.15) is 6.07 Å². The molecular weight excluding hydrogens is 246 g/mol. The van der Waals surface area contributed by atoms with Gasteiger partial charge >= 0.3 is 0 Å². The second-order valence-electron chi connectivity index (χ2n) is 4.69. The molecule has 0 amide bonds. The lowest BCUT2D eigenvalue weighted by molar-refractivity contribution is 1.44. The summed E-state index contributed by atoms with van der Waals surface area (Å²) in [6.07, 6.45) is 1.73. The van der Waals surface area contributed by atoms with Gasteiger partial charge in [0, 0.05) is 17.1 Å². The Hall–Kier alpha value is -3.04. The van der Waals surface area contributed by atoms with Gasteiger partial charge in [-0.1, -0.05) is 24.3 Å². The largest absolute Gasteiger partial charge is 0.359 e. The number of nitriles is 2. The van der Waals surface area contributed by atoms with E-state index in [1.54, 1.807) is 12.3 Å². The van der Waals surface area contributed by atoms with Crippen LogP contribution < -0.4 is 0 Å². The molecule has 0 radical (unpaired) electrons. The molecular formula is C17H11N3. The summed E-state index contributed by atoms with van der Waals surface area (Å²) >= 11 is 0. The first-order chi connectivity index (χ1) is 9.74. The number of benzene rings is 2. The molecule has 0 aliphatic rings. The lowest BCUT2D eigenvalue weighted by Crippen LogP contribution is -1.85. The summed E-state index contributed by atoms with van der Waals surface area (Å²) in [5, 5.41) is 19.1. The van der Waals surface area contributed by atoms with E-state index in [0.29, 0.717) is 11.1 Å². The van der Waals surface area contributed by atoms with Gasteiger partial charge < -0.3 is 4.98 Å². The third kappa shape index (κ3) is 1.74. The molecule has 2 aromatic carbocycles. The number of nitrogens with one attached hydrogen (secondary N) is 1. The van der Waals surface area contributed by atoms with Gasteiger partial charge in [0.2, 0.25) is 0 Å². The van der Waals surface area contributed by atoms with Crippen molar-refractivity contribution in [3.63, 3.8) is 0 Å². The summed E-state index contributed by atoms with van der Waals surface area (Å²) in [5.74, 6) is 0. The number of hydrogen-bond acceptors (Lipinski definition) is 2. The van der Waals surface area contributed by atoms with Gasteiger partial charge in [-0.15, -0.1) is 0 Å². The van der Waals surface area contributed by atoms with E-state index in [1.165, 1.54) is 0 Å². The van der Waals surface area contributed by atoms with Crippen LogP contribution in [-0.4, -0.2) is 4.98 Å². The van der Waals surface area contributed by atoms with Crippen LogP contribution in [0, 0.1) is 29.6 Å². The Balaban J connectivity index is 2.33. The molecule has 3 heteroatoms. The second-order valence-corrected chi connectivity index (χ2v) is 4.69. The Morgan fingerprint density at radius 3 is 2.65 bits per heavy atom. The van der Waals surface area contributed by atoms with Crippen LogP contribution in [0.3, 0.4) is 0 Å². The maximum absolute atomic E-state index is 9.18. The van der Waals surface area contributed by atoms with Gasteiger partial charge in [-0.2, -0.15) is 10.5 Å². The molecule has 0 saturated heterocycles. The van der Waals surface area contributed by atoms with Crippen molar-refractivity contribution in [3.8, 4) is 23.3 Å². The fraction of sp³-hybridized carbons (Fsp3) is 0.0588. The van der Waals surface area contributed by atoms with Crippen LogP contribution >= 0.6 is 0 Å². The quantitative estimate of drug-likeness (QED) is 0.718. The van der Waals surface area contributed by atoms with Crippen molar-refractivity contribution >= 4 is 10.9 Å². The van der Waals surface area contributed by atoms with Gasteiger partial charge in [-0.05, 0) is 30.2 Å². The average molecular weight is 257 g/mol. The first kappa shape index (κ1) is 12.0. The molecule has 0 aliphatic carbocycles. The van der Waals surface area contributed by atoms with Gasteiger partial charge in [-0.25, -0.2) is 0 Å². The van der Waals surface area contributed by atoms with Crippen molar-refractivity contribution in [2.24, 2.45) is 0 Å². The number of fused-ring (bicyclic) bond motifs is 1. The Morgan fingerprint density at radius 1 is 1.05 bits per heavy atom. The Bertz CT molecular complexity index is 889. The molecule has 0 aliphatic heterocycles. The Labute approximate surface area is 116 Å². The van der Waals surface area contributed by atoms with E-state index in [4.69, 9.17) is 5.26 Å². The first-order valence-electron chi connectivity index (χ1n) is 6.26. The van der Waals surface area contributed by atoms with Crippen LogP contribution in [0.2, 0.25) is 0 Å². The van der Waals surface area contributed by atoms with Crippen molar-refractivity contribution in [2.45, 2.75) is 6.92 Å². The highest BCUT2D eigenvalue weighted by atomic mass is 14.7. The molecule has 3 rings (SSSR count). The predicted molar refractivity (Wildman–Crippen MR) is 77.9 cm³/mol. The first-order valence-corrected chi connectivity index (χ1v) is 6.26. The summed E-state index contributed by atoms with van der Waals surface area (Å²) in [5.41, 5.74) is 5.26. The van der Waals surface area contributed by atoms with Crippen LogP contribution in [0.1, 0.15) is 16.7 Å². The van der Waals surface area contributed by atoms with E-state index in [9.17, 15) is 5.26 Å². The van der Waals surface area contributed by atoms with Gasteiger partial charge in [0.15, 0.2) is 0 Å². The SMILES string of the molecule is Cc1ccc(-c2cccc(C#N)c2)c2[nH]cc(C#N)c12. The molecule has 0 fully saturated rings. The Kier molecular flexibility index (Phi) is 2.75. The van der Waals surface area contributed by atoms with E-state index < -0.39 is 0 Å². The normalized spacial score (nSPS) is 10.2. The fourth-order valence-electron chi connectivity index (χ4n) is 2.51. The molecule has 0 spiro atoms. The average Bonchev–Trinajstić information content (AvgIpc) is 2.92. The summed E-state index contributed by atoms with van der Waals surface area (Å²) in [6, 6.07) is 15.9. The summed E-state index contributed by atoms with van der Waals surface area (Å²) in [7, 11) is 0. The van der Waals surface area contributed by atoms with Crippen molar-refractivity contribution < 1.29 is 0 Å². The third-order valence-electron chi connectivity index (χ3n) is 3.47. The maximum atomic E-state index is 9.18. The van der Waals surface area contributed by atoms with Crippen molar-refractivity contribution in [3.05, 3.63) is 59.3 Å². The zero-order valence-corrected chi connectivity index (χ0v) is 10.9. The number of H-pyrrole nitrogens is 1. The predicted octanol–water partition coefficient (Wildman–Crippen LogP) is 3.89. The van der Waals surface area contributed by atoms with Crippen LogP contribution in [0.15, 0.2) is 42.6 Å². The molecule has 0 bridgehead atoms. The molecule has 0 saturated carbocycles. The number of rotatable bonds is 1. The number of hydrogen-bond donors (Lipinski definition) is 1. The molecule has 3 aromatic rings. The fourth-order valence-corrected chi connectivity index (χ4v) is 2.51. The molecule has 20 heavy (non-hydrogen) atoms. The number of nitrogens with zero attached hydrogens (tertiary/aromatic N) is 2. The van der Waals surface area contributed by atoms with Crippen molar-refractivity contribution in [1.29, 1.82) is 10.5 Å². The highest BCUT2D eigenvalue weighted by Crippen LogP contribution is 2.32. The Morgan fingerprint density at radius 2 is 1.90 bits per heavy atom. The summed E-state index contributed by atoms with van der Waals surface area (Å²) < 4.78 is 0. The van der Waals surface area contributed by atoms with E-state index in [1.807, 2.05) is 37.3 Å². The number of aryl methyl sites for hydroxylation is 1. The monoisotopic (exact) mass is 257 g/mol. The number of aromatic nitrogens is 1. The zero-order valence-electron chi connectivity index (χ0n) is 10.9. The number of aromatic amines is 1. The molecule has 3 nitrogen and oxygen atoms in total. The smallest absolute Gasteiger partial charge is 0.101 e. The second kappa shape index (κ2) is 4.57. The van der Waals surface area contributed by atoms with E-state index >= 15 is 0 Å². The minimum absolute atomic E-state index is 0.628. The van der Waals surface area contributed by atoms with Gasteiger partial charge in [-0.3, -0.25) is 0 Å². The van der Waals surface area contributed by atoms with Crippen LogP contribution in [0.4, 0.5) is 0 Å². The van der Waals surface area contributed by atoms with E-state index in [2.05, 4.69) is 17.1 Å². The van der Waals surface area contributed by atoms with Crippen molar-refractivity contribution in [2.75, 3.05) is 0 Å². The molecule has 1 aromatic heterocycles. The standard InChI is InChI=1S/C17H11N3/c1-11-5-6-15(13-4-2-3-12(7-13)8-18)17-16(11)14(9-19)10-20-17/h2-7,10,20H,1H3. The van der Waals surface area contributed by atoms with E-state index in [0.717, 1.165) is 27.6 Å². The maximum Gasteiger partial charge on any atom is 0.101 e. The van der Waals surface area contributed by atoms with Crippen LogP contribution in [0.25, 0.3) is 22.0 Å². The molecule has 94 valence electrons. The van der Waals surface area contributed by atoms with Crippen LogP contribution in [-0.2, 0) is 0 Å². The molecule has 1 heterocycles. The van der Waals surface area contributed by atoms with Gasteiger partial charge in [0.05, 0.1) is 22.7 Å². The zero-order chi connectivity index (χ0) is 14.1. The molecule has 0 atom stereocenters. The lowest BCUT2D eigenvalue weighted by Gasteiger charge is -2.06.